The van der Waals surface area contributed by atoms with Crippen LogP contribution in [0.1, 0.15) is 109 Å². The Morgan fingerprint density at radius 1 is 0.837 bits per heavy atom. The third kappa shape index (κ3) is 4.04. The Labute approximate surface area is 292 Å². The van der Waals surface area contributed by atoms with Crippen molar-refractivity contribution in [2.45, 2.75) is 134 Å². The van der Waals surface area contributed by atoms with Crippen molar-refractivity contribution in [3.05, 3.63) is 77.6 Å². The molecule has 4 aromatic rings. The molecular formula is C45H53N3O+2. The van der Waals surface area contributed by atoms with Gasteiger partial charge in [-0.05, 0) is 80.5 Å². The molecule has 4 atom stereocenters. The number of rotatable bonds is 3. The highest BCUT2D eigenvalue weighted by Crippen LogP contribution is 2.67. The van der Waals surface area contributed by atoms with Crippen molar-refractivity contribution >= 4 is 27.3 Å². The molecule has 4 unspecified atom stereocenters. The Kier molecular flexibility index (Phi) is 6.58. The van der Waals surface area contributed by atoms with Crippen molar-refractivity contribution in [3.63, 3.8) is 0 Å². The first-order valence-corrected chi connectivity index (χ1v) is 19.6. The van der Waals surface area contributed by atoms with Gasteiger partial charge in [0.05, 0.1) is 22.9 Å². The van der Waals surface area contributed by atoms with E-state index in [9.17, 15) is 0 Å². The summed E-state index contributed by atoms with van der Waals surface area (Å²) < 4.78 is 12.8. The number of hydrogen-bond donors (Lipinski definition) is 0. The van der Waals surface area contributed by atoms with Gasteiger partial charge in [0.2, 0.25) is 5.69 Å². The number of allylic oxidation sites excluding steroid dienone is 2. The minimum atomic E-state index is -0.0631. The number of fused-ring (bicyclic) bond motifs is 5. The van der Waals surface area contributed by atoms with E-state index >= 15 is 0 Å². The minimum absolute atomic E-state index is 0.0377. The summed E-state index contributed by atoms with van der Waals surface area (Å²) in [5.41, 5.74) is 8.39. The van der Waals surface area contributed by atoms with Crippen molar-refractivity contribution in [1.82, 2.24) is 4.90 Å². The van der Waals surface area contributed by atoms with Gasteiger partial charge >= 0.3 is 0 Å². The molecule has 3 aliphatic heterocycles. The molecular weight excluding hydrogens is 599 g/mol. The quantitative estimate of drug-likeness (QED) is 0.181. The average Bonchev–Trinajstić information content (AvgIpc) is 3.24. The molecule has 0 bridgehead atoms. The van der Waals surface area contributed by atoms with Gasteiger partial charge in [-0.1, -0.05) is 56.0 Å². The molecule has 0 spiro atoms. The van der Waals surface area contributed by atoms with Gasteiger partial charge in [-0.2, -0.15) is 4.57 Å². The van der Waals surface area contributed by atoms with Crippen LogP contribution >= 0.6 is 0 Å². The lowest BCUT2D eigenvalue weighted by Crippen LogP contribution is -2.80. The van der Waals surface area contributed by atoms with Crippen LogP contribution in [0.2, 0.25) is 0 Å². The second-order valence-corrected chi connectivity index (χ2v) is 17.1. The first-order valence-electron chi connectivity index (χ1n) is 19.6. The van der Waals surface area contributed by atoms with E-state index < -0.39 is 0 Å². The van der Waals surface area contributed by atoms with Gasteiger partial charge < -0.3 is 9.64 Å². The first kappa shape index (κ1) is 30.2. The maximum Gasteiger partial charge on any atom is 0.228 e. The Hall–Kier alpha value is -3.66. The van der Waals surface area contributed by atoms with Gasteiger partial charge in [-0.25, -0.2) is 4.58 Å². The molecule has 0 N–H and O–H groups in total. The van der Waals surface area contributed by atoms with Crippen LogP contribution in [0.25, 0.3) is 32.8 Å². The molecule has 0 amide bonds. The highest BCUT2D eigenvalue weighted by Gasteiger charge is 2.75. The standard InChI is InChI=1S/C45H53N3O/c1-28-22-32-20-21-47-42-40(32)39(23-28)49-43-35-19-13-12-14-31(35)25-36(41(42)43)45(5)37(26-44(45,47)4)38-27-46(33-15-8-6-9-16-33)29(2)24-30(3)48(38)34-17-10-7-11-18-34/h12-14,19-25,33-34,37-38H,6-11,15-18,26-27H2,1-5H3/q+2. The second kappa shape index (κ2) is 10.7. The molecule has 3 aromatic carbocycles. The van der Waals surface area contributed by atoms with Crippen LogP contribution in [0.5, 0.6) is 11.5 Å². The zero-order chi connectivity index (χ0) is 33.2. The van der Waals surface area contributed by atoms with Gasteiger partial charge in [0.25, 0.3) is 0 Å². The predicted octanol–water partition coefficient (Wildman–Crippen LogP) is 10.1. The summed E-state index contributed by atoms with van der Waals surface area (Å²) in [5, 5.41) is 5.10. The molecule has 3 aliphatic carbocycles. The van der Waals surface area contributed by atoms with Crippen LogP contribution in [0.15, 0.2) is 66.5 Å². The van der Waals surface area contributed by atoms with Gasteiger partial charge in [0.15, 0.2) is 29.5 Å². The third-order valence-corrected chi connectivity index (χ3v) is 14.6. The monoisotopic (exact) mass is 651 g/mol. The summed E-state index contributed by atoms with van der Waals surface area (Å²) >= 11 is 0. The van der Waals surface area contributed by atoms with Crippen LogP contribution in [0.4, 0.5) is 0 Å². The first-order chi connectivity index (χ1) is 23.8. The molecule has 0 saturated heterocycles. The highest BCUT2D eigenvalue weighted by atomic mass is 16.5. The maximum absolute atomic E-state index is 7.10. The third-order valence-electron chi connectivity index (χ3n) is 14.6. The van der Waals surface area contributed by atoms with E-state index in [-0.39, 0.29) is 11.0 Å². The van der Waals surface area contributed by atoms with Gasteiger partial charge in [0, 0.05) is 68.3 Å². The SMILES string of the molecule is CC1=CC(C)=[N+](C2CCCCC2)C(C2CC3(C)[n+]4ccc5cc(C)cc6c5c4-c4c(cc5ccccc5c4O6)C23C)CN1C1CCCCC1. The van der Waals surface area contributed by atoms with Crippen molar-refractivity contribution in [1.29, 1.82) is 0 Å². The fraction of sp³-hybridized carbons (Fsp3) is 0.511. The Morgan fingerprint density at radius 3 is 2.39 bits per heavy atom. The van der Waals surface area contributed by atoms with E-state index in [0.29, 0.717) is 24.0 Å². The van der Waals surface area contributed by atoms with Crippen molar-refractivity contribution < 1.29 is 13.9 Å². The zero-order valence-electron chi connectivity index (χ0n) is 30.3. The zero-order valence-corrected chi connectivity index (χ0v) is 30.3. The fourth-order valence-electron chi connectivity index (χ4n) is 12.1. The summed E-state index contributed by atoms with van der Waals surface area (Å²) in [6, 6.07) is 20.3. The summed E-state index contributed by atoms with van der Waals surface area (Å²) in [4.78, 5) is 2.89. The van der Waals surface area contributed by atoms with E-state index in [0.717, 1.165) is 18.0 Å². The molecule has 3 fully saturated rings. The normalized spacial score (nSPS) is 29.7. The molecule has 252 valence electrons. The molecule has 4 heteroatoms. The lowest BCUT2D eigenvalue weighted by atomic mass is 9.43. The number of aromatic nitrogens is 1. The van der Waals surface area contributed by atoms with Crippen LogP contribution in [0, 0.1) is 12.8 Å². The number of aryl methyl sites for hydroxylation is 1. The summed E-state index contributed by atoms with van der Waals surface area (Å²) in [5.74, 6) is 2.59. The van der Waals surface area contributed by atoms with Gasteiger partial charge in [0.1, 0.15) is 11.5 Å². The highest BCUT2D eigenvalue weighted by molar-refractivity contribution is 6.07. The second-order valence-electron chi connectivity index (χ2n) is 17.1. The average molecular weight is 652 g/mol. The van der Waals surface area contributed by atoms with E-state index in [1.165, 1.54) is 126 Å². The predicted molar refractivity (Wildman–Crippen MR) is 200 cm³/mol. The molecule has 3 saturated carbocycles. The van der Waals surface area contributed by atoms with Crippen LogP contribution in [-0.2, 0) is 11.0 Å². The number of hydrogen-bond acceptors (Lipinski definition) is 2. The van der Waals surface area contributed by atoms with E-state index in [4.69, 9.17) is 4.74 Å². The Balaban J connectivity index is 1.20. The van der Waals surface area contributed by atoms with Crippen molar-refractivity contribution in [2.24, 2.45) is 5.92 Å². The van der Waals surface area contributed by atoms with Gasteiger partial charge in [-0.3, -0.25) is 0 Å². The molecule has 4 nitrogen and oxygen atoms in total. The summed E-state index contributed by atoms with van der Waals surface area (Å²) in [7, 11) is 0. The molecule has 1 aromatic heterocycles. The Bertz CT molecular complexity index is 2110. The van der Waals surface area contributed by atoms with Crippen LogP contribution in [-0.4, -0.2) is 39.9 Å². The molecule has 10 rings (SSSR count). The van der Waals surface area contributed by atoms with Crippen LogP contribution in [0.3, 0.4) is 0 Å². The molecule has 49 heavy (non-hydrogen) atoms. The van der Waals surface area contributed by atoms with E-state index in [2.05, 4.69) is 109 Å². The lowest BCUT2D eigenvalue weighted by molar-refractivity contribution is -0.786. The summed E-state index contributed by atoms with van der Waals surface area (Å²) in [6.07, 6.45) is 19.8. The minimum Gasteiger partial charge on any atom is -0.455 e. The summed E-state index contributed by atoms with van der Waals surface area (Å²) in [6.45, 7) is 13.4. The van der Waals surface area contributed by atoms with Gasteiger partial charge in [-0.15, -0.1) is 0 Å². The number of benzene rings is 3. The largest absolute Gasteiger partial charge is 0.455 e. The topological polar surface area (TPSA) is 19.4 Å². The Morgan fingerprint density at radius 2 is 1.59 bits per heavy atom. The molecule has 4 heterocycles. The van der Waals surface area contributed by atoms with Crippen molar-refractivity contribution in [3.8, 4) is 22.8 Å². The fourth-order valence-corrected chi connectivity index (χ4v) is 12.1. The lowest BCUT2D eigenvalue weighted by Gasteiger charge is -2.61. The molecule has 0 radical (unpaired) electrons. The van der Waals surface area contributed by atoms with E-state index in [1.807, 2.05) is 0 Å². The maximum atomic E-state index is 7.10. The van der Waals surface area contributed by atoms with Crippen molar-refractivity contribution in [2.75, 3.05) is 6.54 Å². The number of pyridine rings is 1. The van der Waals surface area contributed by atoms with E-state index in [1.54, 1.807) is 0 Å². The number of ether oxygens (including phenoxy) is 1. The number of nitrogens with zero attached hydrogens (tertiary/aromatic N) is 3. The van der Waals surface area contributed by atoms with Crippen LogP contribution < -0.4 is 9.30 Å². The smallest absolute Gasteiger partial charge is 0.228 e. The molecule has 6 aliphatic rings.